The number of amides is 2. The summed E-state index contributed by atoms with van der Waals surface area (Å²) in [6.07, 6.45) is 1.99. The number of carbonyl (C=O) groups excluding carboxylic acids is 2. The van der Waals surface area contributed by atoms with Gasteiger partial charge in [0.2, 0.25) is 11.8 Å². The van der Waals surface area contributed by atoms with Crippen LogP contribution in [0.2, 0.25) is 0 Å². The number of carbonyl (C=O) groups is 2. The molecule has 0 aliphatic rings. The van der Waals surface area contributed by atoms with E-state index in [-0.39, 0.29) is 23.8 Å². The highest BCUT2D eigenvalue weighted by Gasteiger charge is 2.34. The SMILES string of the molecule is CCCCNC(=O)[C@@H](Cc1ccccc1)N(Cc1cccc(Br)c1)C(=O)CN(c1ccc(C)cc1)S(=O)(=O)c1ccc(C)cc1. The second-order valence-electron chi connectivity index (χ2n) is 11.2. The molecule has 0 fully saturated rings. The van der Waals surface area contributed by atoms with Crippen molar-refractivity contribution in [3.63, 3.8) is 0 Å². The molecule has 1 N–H and O–H groups in total. The lowest BCUT2D eigenvalue weighted by atomic mass is 10.0. The zero-order valence-corrected chi connectivity index (χ0v) is 28.4. The molecular formula is C36H40BrN3O4S. The number of aryl methyl sites for hydroxylation is 2. The third-order valence-electron chi connectivity index (χ3n) is 7.55. The topological polar surface area (TPSA) is 86.8 Å². The van der Waals surface area contributed by atoms with Crippen LogP contribution in [0.15, 0.2) is 112 Å². The Morgan fingerprint density at radius 3 is 2.07 bits per heavy atom. The summed E-state index contributed by atoms with van der Waals surface area (Å²) in [5.74, 6) is -0.767. The minimum Gasteiger partial charge on any atom is -0.354 e. The molecule has 0 saturated carbocycles. The maximum Gasteiger partial charge on any atom is 0.264 e. The summed E-state index contributed by atoms with van der Waals surface area (Å²) in [7, 11) is -4.14. The normalized spacial score (nSPS) is 11.9. The predicted octanol–water partition coefficient (Wildman–Crippen LogP) is 6.82. The summed E-state index contributed by atoms with van der Waals surface area (Å²) in [5, 5.41) is 3.02. The zero-order chi connectivity index (χ0) is 32.4. The van der Waals surface area contributed by atoms with Gasteiger partial charge in [-0.3, -0.25) is 13.9 Å². The Labute approximate surface area is 275 Å². The fraction of sp³-hybridized carbons (Fsp3) is 0.278. The third-order valence-corrected chi connectivity index (χ3v) is 9.83. The molecule has 2 amide bonds. The molecule has 0 bridgehead atoms. The van der Waals surface area contributed by atoms with Gasteiger partial charge >= 0.3 is 0 Å². The summed E-state index contributed by atoms with van der Waals surface area (Å²) >= 11 is 3.51. The van der Waals surface area contributed by atoms with E-state index in [9.17, 15) is 18.0 Å². The fourth-order valence-corrected chi connectivity index (χ4v) is 6.83. The van der Waals surface area contributed by atoms with Gasteiger partial charge in [0.25, 0.3) is 10.0 Å². The van der Waals surface area contributed by atoms with Gasteiger partial charge in [0.15, 0.2) is 0 Å². The third kappa shape index (κ3) is 9.28. The number of rotatable bonds is 14. The van der Waals surface area contributed by atoms with Crippen LogP contribution in [0.3, 0.4) is 0 Å². The van der Waals surface area contributed by atoms with Gasteiger partial charge in [-0.05, 0) is 67.8 Å². The van der Waals surface area contributed by atoms with Gasteiger partial charge in [-0.25, -0.2) is 8.42 Å². The van der Waals surface area contributed by atoms with E-state index in [1.165, 1.54) is 4.90 Å². The monoisotopic (exact) mass is 689 g/mol. The van der Waals surface area contributed by atoms with Crippen LogP contribution in [0.1, 0.15) is 42.0 Å². The molecular weight excluding hydrogens is 650 g/mol. The highest BCUT2D eigenvalue weighted by Crippen LogP contribution is 2.26. The Bertz CT molecular complexity index is 1680. The first-order chi connectivity index (χ1) is 21.6. The largest absolute Gasteiger partial charge is 0.354 e. The van der Waals surface area contributed by atoms with Crippen LogP contribution in [0.4, 0.5) is 5.69 Å². The lowest BCUT2D eigenvalue weighted by Gasteiger charge is -2.34. The van der Waals surface area contributed by atoms with Crippen LogP contribution in [0, 0.1) is 13.8 Å². The van der Waals surface area contributed by atoms with Crippen molar-refractivity contribution in [2.45, 2.75) is 57.5 Å². The number of halogens is 1. The van der Waals surface area contributed by atoms with Gasteiger partial charge in [0, 0.05) is 24.0 Å². The van der Waals surface area contributed by atoms with Gasteiger partial charge < -0.3 is 10.2 Å². The molecule has 0 aromatic heterocycles. The van der Waals surface area contributed by atoms with Gasteiger partial charge in [0.1, 0.15) is 12.6 Å². The zero-order valence-electron chi connectivity index (χ0n) is 25.9. The Hall–Kier alpha value is -3.95. The van der Waals surface area contributed by atoms with Crippen LogP contribution in [0.5, 0.6) is 0 Å². The van der Waals surface area contributed by atoms with Gasteiger partial charge in [-0.2, -0.15) is 0 Å². The van der Waals surface area contributed by atoms with Gasteiger partial charge in [-0.15, -0.1) is 0 Å². The number of unbranched alkanes of at least 4 members (excludes halogenated alkanes) is 1. The Kier molecular flexibility index (Phi) is 12.0. The standard InChI is InChI=1S/C36H40BrN3O4S/c1-4-5-22-38-36(42)34(24-29-10-7-6-8-11-29)39(25-30-12-9-13-31(37)23-30)35(41)26-40(32-18-14-27(2)15-19-32)45(43,44)33-20-16-28(3)17-21-33/h6-21,23,34H,4-5,22,24-26H2,1-3H3,(H,38,42)/t34-/m1/s1. The number of hydrogen-bond donors (Lipinski definition) is 1. The quantitative estimate of drug-likeness (QED) is 0.147. The lowest BCUT2D eigenvalue weighted by molar-refractivity contribution is -0.140. The molecule has 4 rings (SSSR count). The van der Waals surface area contributed by atoms with Crippen LogP contribution in [-0.4, -0.2) is 44.3 Å². The van der Waals surface area contributed by atoms with E-state index in [0.717, 1.165) is 43.9 Å². The van der Waals surface area contributed by atoms with E-state index >= 15 is 0 Å². The highest BCUT2D eigenvalue weighted by molar-refractivity contribution is 9.10. The molecule has 0 saturated heterocycles. The minimum atomic E-state index is -4.14. The van der Waals surface area contributed by atoms with E-state index in [2.05, 4.69) is 21.2 Å². The predicted molar refractivity (Wildman–Crippen MR) is 183 cm³/mol. The first-order valence-electron chi connectivity index (χ1n) is 15.1. The highest BCUT2D eigenvalue weighted by atomic mass is 79.9. The molecule has 0 unspecified atom stereocenters. The maximum absolute atomic E-state index is 14.5. The molecule has 45 heavy (non-hydrogen) atoms. The summed E-state index contributed by atoms with van der Waals surface area (Å²) in [6, 6.07) is 29.8. The molecule has 1 atom stereocenters. The second-order valence-corrected chi connectivity index (χ2v) is 13.9. The fourth-order valence-electron chi connectivity index (χ4n) is 4.97. The van der Waals surface area contributed by atoms with Crippen molar-refractivity contribution >= 4 is 43.5 Å². The second kappa shape index (κ2) is 15.9. The molecule has 9 heteroatoms. The number of hydrogen-bond acceptors (Lipinski definition) is 4. The number of anilines is 1. The maximum atomic E-state index is 14.5. The summed E-state index contributed by atoms with van der Waals surface area (Å²) in [6.45, 7) is 5.96. The number of nitrogens with zero attached hydrogens (tertiary/aromatic N) is 2. The lowest BCUT2D eigenvalue weighted by Crippen LogP contribution is -2.53. The van der Waals surface area contributed by atoms with E-state index in [1.54, 1.807) is 36.4 Å². The first kappa shape index (κ1) is 33.9. The number of benzene rings is 4. The molecule has 4 aromatic carbocycles. The first-order valence-corrected chi connectivity index (χ1v) is 17.3. The van der Waals surface area contributed by atoms with E-state index < -0.39 is 28.5 Å². The van der Waals surface area contributed by atoms with Gasteiger partial charge in [0.05, 0.1) is 10.6 Å². The molecule has 0 heterocycles. The molecule has 236 valence electrons. The minimum absolute atomic E-state index is 0.0816. The smallest absolute Gasteiger partial charge is 0.264 e. The number of sulfonamides is 1. The van der Waals surface area contributed by atoms with Crippen molar-refractivity contribution in [1.29, 1.82) is 0 Å². The van der Waals surface area contributed by atoms with Crippen LogP contribution in [0.25, 0.3) is 0 Å². The average molecular weight is 691 g/mol. The molecule has 0 aliphatic carbocycles. The molecule has 7 nitrogen and oxygen atoms in total. The Morgan fingerprint density at radius 1 is 0.822 bits per heavy atom. The molecule has 0 radical (unpaired) electrons. The summed E-state index contributed by atoms with van der Waals surface area (Å²) < 4.78 is 30.2. The average Bonchev–Trinajstić information content (AvgIpc) is 3.02. The van der Waals surface area contributed by atoms with Gasteiger partial charge in [-0.1, -0.05) is 107 Å². The van der Waals surface area contributed by atoms with Crippen molar-refractivity contribution in [2.75, 3.05) is 17.4 Å². The molecule has 0 spiro atoms. The molecule has 0 aliphatic heterocycles. The summed E-state index contributed by atoms with van der Waals surface area (Å²) in [5.41, 5.74) is 3.94. The van der Waals surface area contributed by atoms with Crippen LogP contribution >= 0.6 is 15.9 Å². The molecule has 4 aromatic rings. The Morgan fingerprint density at radius 2 is 1.44 bits per heavy atom. The van der Waals surface area contributed by atoms with Crippen molar-refractivity contribution in [1.82, 2.24) is 10.2 Å². The van der Waals surface area contributed by atoms with Crippen LogP contribution in [-0.2, 0) is 32.6 Å². The van der Waals surface area contributed by atoms with Crippen molar-refractivity contribution in [3.8, 4) is 0 Å². The van der Waals surface area contributed by atoms with Crippen LogP contribution < -0.4 is 9.62 Å². The van der Waals surface area contributed by atoms with E-state index in [1.807, 2.05) is 87.5 Å². The van der Waals surface area contributed by atoms with Crippen molar-refractivity contribution in [3.05, 3.63) is 130 Å². The van der Waals surface area contributed by atoms with E-state index in [0.29, 0.717) is 12.2 Å². The van der Waals surface area contributed by atoms with E-state index in [4.69, 9.17) is 0 Å². The van der Waals surface area contributed by atoms with Crippen molar-refractivity contribution in [2.24, 2.45) is 0 Å². The number of nitrogens with one attached hydrogen (secondary N) is 1. The Balaban J connectivity index is 1.78. The van der Waals surface area contributed by atoms with Crippen molar-refractivity contribution < 1.29 is 18.0 Å². The summed E-state index contributed by atoms with van der Waals surface area (Å²) in [4.78, 5) is 29.9.